The van der Waals surface area contributed by atoms with E-state index in [2.05, 4.69) is 10.6 Å². The van der Waals surface area contributed by atoms with Crippen molar-refractivity contribution in [2.24, 2.45) is 5.92 Å². The zero-order valence-corrected chi connectivity index (χ0v) is 15.3. The van der Waals surface area contributed by atoms with E-state index in [0.29, 0.717) is 11.3 Å². The Morgan fingerprint density at radius 2 is 1.73 bits per heavy atom. The summed E-state index contributed by atoms with van der Waals surface area (Å²) in [6.07, 6.45) is 0. The van der Waals surface area contributed by atoms with Crippen LogP contribution in [0.4, 0.5) is 10.1 Å². The van der Waals surface area contributed by atoms with Gasteiger partial charge in [-0.2, -0.15) is 0 Å². The third kappa shape index (κ3) is 4.81. The first-order chi connectivity index (χ1) is 12.3. The standard InChI is InChI=1S/C20H23FN2O3/c1-12(2)18(20(25)22-17-11-13(3)5-10-16(17)21)23-19(24)14-6-8-15(26-4)9-7-14/h5-12,18H,1-4H3,(H,22,25)(H,23,24). The summed E-state index contributed by atoms with van der Waals surface area (Å²) in [4.78, 5) is 25.0. The molecule has 0 aliphatic rings. The lowest BCUT2D eigenvalue weighted by Gasteiger charge is -2.22. The Bertz CT molecular complexity index is 788. The number of ether oxygens (including phenoxy) is 1. The maximum Gasteiger partial charge on any atom is 0.251 e. The average Bonchev–Trinajstić information content (AvgIpc) is 2.62. The number of hydrogen-bond acceptors (Lipinski definition) is 3. The van der Waals surface area contributed by atoms with Gasteiger partial charge in [0.1, 0.15) is 17.6 Å². The van der Waals surface area contributed by atoms with Gasteiger partial charge in [0.25, 0.3) is 5.91 Å². The van der Waals surface area contributed by atoms with Gasteiger partial charge in [-0.25, -0.2) is 4.39 Å². The molecule has 1 unspecified atom stereocenters. The SMILES string of the molecule is COc1ccc(C(=O)NC(C(=O)Nc2cc(C)ccc2F)C(C)C)cc1. The molecule has 138 valence electrons. The fourth-order valence-corrected chi connectivity index (χ4v) is 2.45. The molecule has 1 atom stereocenters. The van der Waals surface area contributed by atoms with Gasteiger partial charge >= 0.3 is 0 Å². The van der Waals surface area contributed by atoms with E-state index in [0.717, 1.165) is 5.56 Å². The highest BCUT2D eigenvalue weighted by Gasteiger charge is 2.25. The van der Waals surface area contributed by atoms with Crippen LogP contribution in [0.3, 0.4) is 0 Å². The van der Waals surface area contributed by atoms with E-state index in [-0.39, 0.29) is 17.5 Å². The van der Waals surface area contributed by atoms with Crippen molar-refractivity contribution < 1.29 is 18.7 Å². The molecule has 0 saturated heterocycles. The quantitative estimate of drug-likeness (QED) is 0.830. The zero-order valence-electron chi connectivity index (χ0n) is 15.3. The van der Waals surface area contributed by atoms with Crippen LogP contribution in [0.15, 0.2) is 42.5 Å². The van der Waals surface area contributed by atoms with E-state index in [1.165, 1.54) is 6.07 Å². The highest BCUT2D eigenvalue weighted by atomic mass is 19.1. The number of methoxy groups -OCH3 is 1. The van der Waals surface area contributed by atoms with Crippen molar-refractivity contribution in [1.82, 2.24) is 5.32 Å². The van der Waals surface area contributed by atoms with Crippen molar-refractivity contribution in [3.63, 3.8) is 0 Å². The fraction of sp³-hybridized carbons (Fsp3) is 0.300. The summed E-state index contributed by atoms with van der Waals surface area (Å²) in [7, 11) is 1.54. The summed E-state index contributed by atoms with van der Waals surface area (Å²) in [6.45, 7) is 5.43. The first kappa shape index (κ1) is 19.4. The lowest BCUT2D eigenvalue weighted by Crippen LogP contribution is -2.47. The molecule has 26 heavy (non-hydrogen) atoms. The Hall–Kier alpha value is -2.89. The van der Waals surface area contributed by atoms with Gasteiger partial charge in [-0.1, -0.05) is 19.9 Å². The molecule has 6 heteroatoms. The van der Waals surface area contributed by atoms with Gasteiger partial charge in [0.2, 0.25) is 5.91 Å². The van der Waals surface area contributed by atoms with Crippen molar-refractivity contribution in [2.75, 3.05) is 12.4 Å². The highest BCUT2D eigenvalue weighted by Crippen LogP contribution is 2.17. The molecule has 0 heterocycles. The molecule has 0 fully saturated rings. The van der Waals surface area contributed by atoms with Gasteiger partial charge in [0.05, 0.1) is 12.8 Å². The molecule has 2 amide bonds. The number of aryl methyl sites for hydroxylation is 1. The minimum atomic E-state index is -0.801. The Morgan fingerprint density at radius 3 is 2.31 bits per heavy atom. The van der Waals surface area contributed by atoms with Gasteiger partial charge in [0.15, 0.2) is 0 Å². The number of carbonyl (C=O) groups is 2. The molecule has 2 rings (SSSR count). The molecule has 2 aromatic carbocycles. The topological polar surface area (TPSA) is 67.4 Å². The number of hydrogen-bond donors (Lipinski definition) is 2. The lowest BCUT2D eigenvalue weighted by atomic mass is 10.0. The van der Waals surface area contributed by atoms with Crippen molar-refractivity contribution in [3.05, 3.63) is 59.4 Å². The van der Waals surface area contributed by atoms with Crippen molar-refractivity contribution in [3.8, 4) is 5.75 Å². The van der Waals surface area contributed by atoms with Crippen molar-refractivity contribution >= 4 is 17.5 Å². The summed E-state index contributed by atoms with van der Waals surface area (Å²) in [5.41, 5.74) is 1.33. The summed E-state index contributed by atoms with van der Waals surface area (Å²) in [6, 6.07) is 10.2. The van der Waals surface area contributed by atoms with Gasteiger partial charge in [-0.05, 0) is 54.8 Å². The molecule has 0 aromatic heterocycles. The van der Waals surface area contributed by atoms with E-state index in [1.54, 1.807) is 50.4 Å². The maximum absolute atomic E-state index is 13.9. The minimum Gasteiger partial charge on any atom is -0.497 e. The number of amides is 2. The number of halogens is 1. The highest BCUT2D eigenvalue weighted by molar-refractivity contribution is 6.01. The molecule has 0 aliphatic carbocycles. The van der Waals surface area contributed by atoms with Gasteiger partial charge < -0.3 is 15.4 Å². The van der Waals surface area contributed by atoms with Crippen molar-refractivity contribution in [1.29, 1.82) is 0 Å². The molecular weight excluding hydrogens is 335 g/mol. The molecular formula is C20H23FN2O3. The molecule has 0 aliphatic heterocycles. The molecule has 0 bridgehead atoms. The zero-order chi connectivity index (χ0) is 19.3. The molecule has 5 nitrogen and oxygen atoms in total. The second-order valence-corrected chi connectivity index (χ2v) is 6.40. The number of rotatable bonds is 6. The predicted octanol–water partition coefficient (Wildman–Crippen LogP) is 3.54. The monoisotopic (exact) mass is 358 g/mol. The molecule has 0 radical (unpaired) electrons. The van der Waals surface area contributed by atoms with Crippen LogP contribution in [0.1, 0.15) is 29.8 Å². The Kier molecular flexibility index (Phi) is 6.33. The van der Waals surface area contributed by atoms with E-state index >= 15 is 0 Å². The smallest absolute Gasteiger partial charge is 0.251 e. The average molecular weight is 358 g/mol. The Labute approximate surface area is 152 Å². The summed E-state index contributed by atoms with van der Waals surface area (Å²) in [5, 5.41) is 5.27. The molecule has 0 saturated carbocycles. The largest absolute Gasteiger partial charge is 0.497 e. The van der Waals surface area contributed by atoms with Crippen LogP contribution in [-0.4, -0.2) is 25.0 Å². The molecule has 2 N–H and O–H groups in total. The van der Waals surface area contributed by atoms with Gasteiger partial charge in [-0.3, -0.25) is 9.59 Å². The summed E-state index contributed by atoms with van der Waals surface area (Å²) in [5.74, 6) is -0.912. The second kappa shape index (κ2) is 8.47. The normalized spacial score (nSPS) is 11.8. The van der Waals surface area contributed by atoms with Crippen LogP contribution in [0, 0.1) is 18.7 Å². The Balaban J connectivity index is 2.13. The van der Waals surface area contributed by atoms with E-state index < -0.39 is 17.8 Å². The second-order valence-electron chi connectivity index (χ2n) is 6.40. The number of carbonyl (C=O) groups excluding carboxylic acids is 2. The molecule has 2 aromatic rings. The maximum atomic E-state index is 13.9. The lowest BCUT2D eigenvalue weighted by molar-refractivity contribution is -0.118. The fourth-order valence-electron chi connectivity index (χ4n) is 2.45. The summed E-state index contributed by atoms with van der Waals surface area (Å²) >= 11 is 0. The van der Waals surface area contributed by atoms with Crippen LogP contribution in [-0.2, 0) is 4.79 Å². The third-order valence-electron chi connectivity index (χ3n) is 3.97. The van der Waals surface area contributed by atoms with E-state index in [4.69, 9.17) is 4.74 Å². The van der Waals surface area contributed by atoms with Crippen LogP contribution in [0.25, 0.3) is 0 Å². The first-order valence-electron chi connectivity index (χ1n) is 8.33. The van der Waals surface area contributed by atoms with Crippen LogP contribution in [0.2, 0.25) is 0 Å². The van der Waals surface area contributed by atoms with Crippen molar-refractivity contribution in [2.45, 2.75) is 26.8 Å². The number of nitrogens with one attached hydrogen (secondary N) is 2. The van der Waals surface area contributed by atoms with Crippen LogP contribution in [0.5, 0.6) is 5.75 Å². The number of anilines is 1. The van der Waals surface area contributed by atoms with Crippen LogP contribution >= 0.6 is 0 Å². The molecule has 0 spiro atoms. The predicted molar refractivity (Wildman–Crippen MR) is 98.9 cm³/mol. The van der Waals surface area contributed by atoms with E-state index in [9.17, 15) is 14.0 Å². The van der Waals surface area contributed by atoms with Crippen LogP contribution < -0.4 is 15.4 Å². The minimum absolute atomic E-state index is 0.0966. The summed E-state index contributed by atoms with van der Waals surface area (Å²) < 4.78 is 18.9. The first-order valence-corrected chi connectivity index (χ1v) is 8.33. The van der Waals surface area contributed by atoms with Gasteiger partial charge in [-0.15, -0.1) is 0 Å². The number of benzene rings is 2. The third-order valence-corrected chi connectivity index (χ3v) is 3.97. The van der Waals surface area contributed by atoms with Gasteiger partial charge in [0, 0.05) is 5.56 Å². The van der Waals surface area contributed by atoms with E-state index in [1.807, 2.05) is 13.8 Å². The Morgan fingerprint density at radius 1 is 1.08 bits per heavy atom.